The van der Waals surface area contributed by atoms with Crippen LogP contribution < -0.4 is 9.47 Å². The highest BCUT2D eigenvalue weighted by Gasteiger charge is 2.09. The van der Waals surface area contributed by atoms with E-state index in [1.54, 1.807) is 37.3 Å². The van der Waals surface area contributed by atoms with Crippen LogP contribution in [0.15, 0.2) is 30.3 Å². The molecule has 0 spiro atoms. The topological polar surface area (TPSA) is 78.9 Å². The first-order valence-corrected chi connectivity index (χ1v) is 5.81. The smallest absolute Gasteiger partial charge is 0.237 e. The summed E-state index contributed by atoms with van der Waals surface area (Å²) >= 11 is 0. The number of hydrogen-bond donors (Lipinski definition) is 0. The van der Waals surface area contributed by atoms with Gasteiger partial charge in [-0.05, 0) is 31.2 Å². The molecule has 5 heteroatoms. The molecule has 0 bridgehead atoms. The van der Waals surface area contributed by atoms with Crippen molar-refractivity contribution in [2.24, 2.45) is 0 Å². The summed E-state index contributed by atoms with van der Waals surface area (Å²) in [5.41, 5.74) is 1.48. The van der Waals surface area contributed by atoms with Crippen LogP contribution in [0.3, 0.4) is 0 Å². The summed E-state index contributed by atoms with van der Waals surface area (Å²) in [5, 5.41) is 18.0. The lowest BCUT2D eigenvalue weighted by atomic mass is 10.2. The van der Waals surface area contributed by atoms with Crippen molar-refractivity contribution in [2.75, 3.05) is 7.11 Å². The summed E-state index contributed by atoms with van der Waals surface area (Å²) in [6.07, 6.45) is 0. The zero-order chi connectivity index (χ0) is 14.5. The molecule has 0 unspecified atom stereocenters. The van der Waals surface area contributed by atoms with Gasteiger partial charge < -0.3 is 9.47 Å². The molecule has 1 aromatic carbocycles. The zero-order valence-electron chi connectivity index (χ0n) is 11.0. The van der Waals surface area contributed by atoms with E-state index in [4.69, 9.17) is 20.0 Å². The zero-order valence-corrected chi connectivity index (χ0v) is 11.0. The predicted molar refractivity (Wildman–Crippen MR) is 71.5 cm³/mol. The van der Waals surface area contributed by atoms with Crippen molar-refractivity contribution >= 4 is 0 Å². The van der Waals surface area contributed by atoms with Gasteiger partial charge in [0.25, 0.3) is 0 Å². The standard InChI is InChI=1S/C15H11N3O2/c1-10-3-4-12(9-17)15(18-10)20-14-6-11(8-16)5-13(7-14)19-2/h3-7H,1-2H3. The normalized spacial score (nSPS) is 9.40. The third kappa shape index (κ3) is 2.85. The Bertz CT molecular complexity index is 727. The van der Waals surface area contributed by atoms with Gasteiger partial charge in [0.05, 0.1) is 18.7 Å². The number of pyridine rings is 1. The van der Waals surface area contributed by atoms with Crippen LogP contribution in [0.1, 0.15) is 16.8 Å². The van der Waals surface area contributed by atoms with Crippen molar-refractivity contribution < 1.29 is 9.47 Å². The van der Waals surface area contributed by atoms with Crippen LogP contribution in [0.5, 0.6) is 17.4 Å². The van der Waals surface area contributed by atoms with Crippen LogP contribution in [0.4, 0.5) is 0 Å². The van der Waals surface area contributed by atoms with E-state index >= 15 is 0 Å². The monoisotopic (exact) mass is 265 g/mol. The summed E-state index contributed by atoms with van der Waals surface area (Å²) in [6.45, 7) is 1.81. The third-order valence-electron chi connectivity index (χ3n) is 2.58. The van der Waals surface area contributed by atoms with E-state index < -0.39 is 0 Å². The lowest BCUT2D eigenvalue weighted by molar-refractivity contribution is 0.407. The van der Waals surface area contributed by atoms with Gasteiger partial charge in [-0.2, -0.15) is 10.5 Å². The molecular weight excluding hydrogens is 254 g/mol. The first-order chi connectivity index (χ1) is 9.66. The molecule has 0 fully saturated rings. The molecule has 0 aliphatic rings. The van der Waals surface area contributed by atoms with Crippen molar-refractivity contribution in [3.8, 4) is 29.5 Å². The van der Waals surface area contributed by atoms with Crippen LogP contribution in [-0.4, -0.2) is 12.1 Å². The molecule has 2 aromatic rings. The van der Waals surface area contributed by atoms with Gasteiger partial charge >= 0.3 is 0 Å². The molecule has 0 saturated carbocycles. The van der Waals surface area contributed by atoms with E-state index in [0.717, 1.165) is 5.69 Å². The second-order valence-electron chi connectivity index (χ2n) is 4.03. The number of hydrogen-bond acceptors (Lipinski definition) is 5. The van der Waals surface area contributed by atoms with E-state index in [-0.39, 0.29) is 5.88 Å². The Morgan fingerprint density at radius 1 is 1.05 bits per heavy atom. The maximum absolute atomic E-state index is 9.04. The number of rotatable bonds is 3. The Labute approximate surface area is 116 Å². The summed E-state index contributed by atoms with van der Waals surface area (Å²) < 4.78 is 10.7. The molecule has 2 rings (SSSR count). The summed E-state index contributed by atoms with van der Waals surface area (Å²) in [5.74, 6) is 1.12. The maximum Gasteiger partial charge on any atom is 0.237 e. The summed E-state index contributed by atoms with van der Waals surface area (Å²) in [7, 11) is 1.51. The van der Waals surface area contributed by atoms with E-state index in [1.807, 2.05) is 12.1 Å². The molecular formula is C15H11N3O2. The molecule has 0 aliphatic carbocycles. The lowest BCUT2D eigenvalue weighted by Crippen LogP contribution is -1.95. The van der Waals surface area contributed by atoms with Gasteiger partial charge in [-0.15, -0.1) is 0 Å². The minimum absolute atomic E-state index is 0.213. The van der Waals surface area contributed by atoms with Crippen LogP contribution in [0.2, 0.25) is 0 Å². The Hall–Kier alpha value is -3.05. The Kier molecular flexibility index (Phi) is 3.83. The Morgan fingerprint density at radius 3 is 2.45 bits per heavy atom. The van der Waals surface area contributed by atoms with Gasteiger partial charge in [0.1, 0.15) is 23.1 Å². The number of aryl methyl sites for hydroxylation is 1. The highest BCUT2D eigenvalue weighted by atomic mass is 16.5. The van der Waals surface area contributed by atoms with Gasteiger partial charge in [0.2, 0.25) is 5.88 Å². The number of nitriles is 2. The lowest BCUT2D eigenvalue weighted by Gasteiger charge is -2.09. The molecule has 0 amide bonds. The Balaban J connectivity index is 2.42. The largest absolute Gasteiger partial charge is 0.497 e. The van der Waals surface area contributed by atoms with Gasteiger partial charge in [0, 0.05) is 11.8 Å². The molecule has 0 N–H and O–H groups in total. The van der Waals surface area contributed by atoms with Gasteiger partial charge in [-0.25, -0.2) is 4.98 Å². The molecule has 20 heavy (non-hydrogen) atoms. The van der Waals surface area contributed by atoms with Gasteiger partial charge in [0.15, 0.2) is 0 Å². The second-order valence-corrected chi connectivity index (χ2v) is 4.03. The SMILES string of the molecule is COc1cc(C#N)cc(Oc2nc(C)ccc2C#N)c1. The molecule has 98 valence electrons. The minimum Gasteiger partial charge on any atom is -0.497 e. The van der Waals surface area contributed by atoms with Crippen molar-refractivity contribution in [2.45, 2.75) is 6.92 Å². The molecule has 1 aromatic heterocycles. The number of methoxy groups -OCH3 is 1. The number of ether oxygens (including phenoxy) is 2. The Morgan fingerprint density at radius 2 is 1.80 bits per heavy atom. The second kappa shape index (κ2) is 5.73. The number of aromatic nitrogens is 1. The molecule has 0 aliphatic heterocycles. The van der Waals surface area contributed by atoms with E-state index in [2.05, 4.69) is 4.98 Å². The fourth-order valence-corrected chi connectivity index (χ4v) is 1.62. The molecule has 1 heterocycles. The van der Waals surface area contributed by atoms with Crippen molar-refractivity contribution in [1.29, 1.82) is 10.5 Å². The highest BCUT2D eigenvalue weighted by Crippen LogP contribution is 2.28. The van der Waals surface area contributed by atoms with Crippen molar-refractivity contribution in [3.05, 3.63) is 47.2 Å². The average Bonchev–Trinajstić information content (AvgIpc) is 2.47. The van der Waals surface area contributed by atoms with Crippen molar-refractivity contribution in [1.82, 2.24) is 4.98 Å². The number of benzene rings is 1. The molecule has 5 nitrogen and oxygen atoms in total. The molecule has 0 radical (unpaired) electrons. The summed E-state index contributed by atoms with van der Waals surface area (Å²) in [6, 6.07) is 12.2. The van der Waals surface area contributed by atoms with E-state index in [9.17, 15) is 0 Å². The quantitative estimate of drug-likeness (QED) is 0.852. The maximum atomic E-state index is 9.04. The molecule has 0 saturated heterocycles. The first kappa shape index (κ1) is 13.4. The average molecular weight is 265 g/mol. The van der Waals surface area contributed by atoms with Crippen LogP contribution >= 0.6 is 0 Å². The fraction of sp³-hybridized carbons (Fsp3) is 0.133. The van der Waals surface area contributed by atoms with Crippen molar-refractivity contribution in [3.63, 3.8) is 0 Å². The third-order valence-corrected chi connectivity index (χ3v) is 2.58. The predicted octanol–water partition coefficient (Wildman–Crippen LogP) is 2.93. The molecule has 0 atom stereocenters. The van der Waals surface area contributed by atoms with E-state index in [1.165, 1.54) is 7.11 Å². The number of nitrogens with zero attached hydrogens (tertiary/aromatic N) is 3. The summed E-state index contributed by atoms with van der Waals surface area (Å²) in [4.78, 5) is 4.18. The van der Waals surface area contributed by atoms with Gasteiger partial charge in [-0.1, -0.05) is 0 Å². The van der Waals surface area contributed by atoms with Crippen LogP contribution in [0.25, 0.3) is 0 Å². The first-order valence-electron chi connectivity index (χ1n) is 5.81. The fourth-order valence-electron chi connectivity index (χ4n) is 1.62. The van der Waals surface area contributed by atoms with Crippen LogP contribution in [-0.2, 0) is 0 Å². The van der Waals surface area contributed by atoms with Gasteiger partial charge in [-0.3, -0.25) is 0 Å². The minimum atomic E-state index is 0.213. The van der Waals surface area contributed by atoms with Crippen LogP contribution in [0, 0.1) is 29.6 Å². The van der Waals surface area contributed by atoms with E-state index in [0.29, 0.717) is 22.6 Å². The highest BCUT2D eigenvalue weighted by molar-refractivity contribution is 5.47.